The van der Waals surface area contributed by atoms with Crippen LogP contribution in [-0.2, 0) is 0 Å². The van der Waals surface area contributed by atoms with Gasteiger partial charge >= 0.3 is 0 Å². The molecule has 7 aromatic carbocycles. The van der Waals surface area contributed by atoms with Crippen molar-refractivity contribution in [2.75, 3.05) is 10.6 Å². The van der Waals surface area contributed by atoms with Crippen LogP contribution in [0.15, 0.2) is 158 Å². The molecule has 0 amide bonds. The molecular formula is C44H30N4. The fourth-order valence-electron chi connectivity index (χ4n) is 8.53. The lowest BCUT2D eigenvalue weighted by atomic mass is 9.97. The quantitative estimate of drug-likeness (QED) is 0.208. The standard InChI is InChI=1S/C44H30N4/c1-2-11-27(12-3-1)28-23-25-29(26-24-28)42-44(46-35-18-6-5-17-34(35)45-42)48-37-20-9-14-31-33-16-8-15-32-30-13-4-7-19-36(30)47(43(32)33)38-21-10-22-39(48)41(38)40(31)37/h1-26,42,44-46H. The molecule has 2 N–H and O–H groups in total. The van der Waals surface area contributed by atoms with Crippen molar-refractivity contribution < 1.29 is 0 Å². The Labute approximate surface area is 276 Å². The van der Waals surface area contributed by atoms with E-state index in [4.69, 9.17) is 0 Å². The highest BCUT2D eigenvalue weighted by Crippen LogP contribution is 2.47. The maximum atomic E-state index is 4.01. The predicted molar refractivity (Wildman–Crippen MR) is 201 cm³/mol. The number of nitrogens with one attached hydrogen (secondary N) is 2. The number of hydrogen-bond acceptors (Lipinski definition) is 2. The average Bonchev–Trinajstić information content (AvgIpc) is 3.63. The maximum absolute atomic E-state index is 4.01. The Morgan fingerprint density at radius 1 is 0.396 bits per heavy atom. The molecule has 3 aromatic heterocycles. The van der Waals surface area contributed by atoms with Crippen LogP contribution in [0.25, 0.3) is 71.0 Å². The van der Waals surface area contributed by atoms with Crippen LogP contribution in [0, 0.1) is 0 Å². The zero-order chi connectivity index (χ0) is 31.3. The van der Waals surface area contributed by atoms with Gasteiger partial charge in [-0.2, -0.15) is 0 Å². The summed E-state index contributed by atoms with van der Waals surface area (Å²) in [6.45, 7) is 0. The highest BCUT2D eigenvalue weighted by atomic mass is 15.3. The number of para-hydroxylation sites is 4. The Balaban J connectivity index is 1.22. The summed E-state index contributed by atoms with van der Waals surface area (Å²) in [6, 6.07) is 57.6. The van der Waals surface area contributed by atoms with Gasteiger partial charge in [-0.15, -0.1) is 0 Å². The molecule has 4 heteroatoms. The molecule has 0 spiro atoms. The van der Waals surface area contributed by atoms with Gasteiger partial charge in [0.05, 0.1) is 45.0 Å². The number of benzene rings is 7. The summed E-state index contributed by atoms with van der Waals surface area (Å²) >= 11 is 0. The van der Waals surface area contributed by atoms with Gasteiger partial charge in [0.25, 0.3) is 0 Å². The van der Waals surface area contributed by atoms with Crippen molar-refractivity contribution in [1.82, 2.24) is 8.97 Å². The zero-order valence-corrected chi connectivity index (χ0v) is 26.1. The monoisotopic (exact) mass is 614 g/mol. The van der Waals surface area contributed by atoms with E-state index in [1.165, 1.54) is 76.6 Å². The molecule has 1 aliphatic heterocycles. The SMILES string of the molecule is c1ccc(-c2ccc(C3Nc4ccccc4NC3n3c4cccc5c6cccc7c8ccccc8n(c8cccc3c8c54)c67)cc2)cc1. The van der Waals surface area contributed by atoms with Crippen LogP contribution in [0.3, 0.4) is 0 Å². The molecule has 2 unspecified atom stereocenters. The number of anilines is 2. The van der Waals surface area contributed by atoms with Crippen molar-refractivity contribution in [2.24, 2.45) is 0 Å². The van der Waals surface area contributed by atoms with E-state index in [-0.39, 0.29) is 12.2 Å². The Kier molecular flexibility index (Phi) is 5.19. The first-order chi connectivity index (χ1) is 23.8. The topological polar surface area (TPSA) is 33.4 Å². The third kappa shape index (κ3) is 3.44. The molecule has 1 aliphatic rings. The van der Waals surface area contributed by atoms with Crippen LogP contribution >= 0.6 is 0 Å². The Hall–Kier alpha value is -6.26. The average molecular weight is 615 g/mol. The molecule has 4 heterocycles. The van der Waals surface area contributed by atoms with Gasteiger partial charge in [-0.05, 0) is 58.5 Å². The molecule has 226 valence electrons. The number of hydrogen-bond donors (Lipinski definition) is 2. The molecule has 0 saturated carbocycles. The second kappa shape index (κ2) is 9.63. The third-order valence-electron chi connectivity index (χ3n) is 10.6. The first-order valence-corrected chi connectivity index (χ1v) is 16.7. The maximum Gasteiger partial charge on any atom is 0.129 e. The molecular weight excluding hydrogens is 585 g/mol. The molecule has 0 aliphatic carbocycles. The predicted octanol–water partition coefficient (Wildman–Crippen LogP) is 11.4. The Morgan fingerprint density at radius 2 is 0.958 bits per heavy atom. The Morgan fingerprint density at radius 3 is 1.79 bits per heavy atom. The fourth-order valence-corrected chi connectivity index (χ4v) is 8.53. The zero-order valence-electron chi connectivity index (χ0n) is 26.1. The van der Waals surface area contributed by atoms with Crippen molar-refractivity contribution in [2.45, 2.75) is 12.2 Å². The lowest BCUT2D eigenvalue weighted by Gasteiger charge is -2.38. The summed E-state index contributed by atoms with van der Waals surface area (Å²) in [6.07, 6.45) is -0.0935. The van der Waals surface area contributed by atoms with E-state index < -0.39 is 0 Å². The molecule has 48 heavy (non-hydrogen) atoms. The van der Waals surface area contributed by atoms with E-state index in [0.29, 0.717) is 0 Å². The molecule has 0 fully saturated rings. The highest BCUT2D eigenvalue weighted by Gasteiger charge is 2.33. The summed E-state index contributed by atoms with van der Waals surface area (Å²) in [5.74, 6) is 0. The number of rotatable bonds is 3. The van der Waals surface area contributed by atoms with Gasteiger partial charge in [0.15, 0.2) is 0 Å². The first-order valence-electron chi connectivity index (χ1n) is 16.7. The Bertz CT molecular complexity index is 2840. The number of nitrogens with zero attached hydrogens (tertiary/aromatic N) is 2. The van der Waals surface area contributed by atoms with Crippen molar-refractivity contribution in [3.8, 4) is 11.1 Å². The number of fused-ring (bicyclic) bond motifs is 6. The smallest absolute Gasteiger partial charge is 0.129 e. The van der Waals surface area contributed by atoms with Gasteiger partial charge in [-0.25, -0.2) is 0 Å². The summed E-state index contributed by atoms with van der Waals surface area (Å²) < 4.78 is 5.06. The molecule has 4 nitrogen and oxygen atoms in total. The van der Waals surface area contributed by atoms with E-state index in [2.05, 4.69) is 177 Å². The molecule has 2 atom stereocenters. The van der Waals surface area contributed by atoms with Crippen LogP contribution < -0.4 is 10.6 Å². The lowest BCUT2D eigenvalue weighted by molar-refractivity contribution is 0.506. The van der Waals surface area contributed by atoms with Crippen LogP contribution in [0.1, 0.15) is 17.8 Å². The van der Waals surface area contributed by atoms with E-state index >= 15 is 0 Å². The second-order valence-corrected chi connectivity index (χ2v) is 13.0. The van der Waals surface area contributed by atoms with Gasteiger partial charge in [0.1, 0.15) is 6.17 Å². The molecule has 0 radical (unpaired) electrons. The van der Waals surface area contributed by atoms with Crippen LogP contribution in [0.5, 0.6) is 0 Å². The largest absolute Gasteiger partial charge is 0.373 e. The lowest BCUT2D eigenvalue weighted by Crippen LogP contribution is -2.34. The first kappa shape index (κ1) is 25.9. The van der Waals surface area contributed by atoms with Gasteiger partial charge < -0.3 is 19.6 Å². The van der Waals surface area contributed by atoms with Gasteiger partial charge in [-0.3, -0.25) is 0 Å². The minimum Gasteiger partial charge on any atom is -0.373 e. The summed E-state index contributed by atoms with van der Waals surface area (Å²) in [5, 5.41) is 15.7. The summed E-state index contributed by atoms with van der Waals surface area (Å²) in [4.78, 5) is 0. The van der Waals surface area contributed by atoms with Gasteiger partial charge in [0.2, 0.25) is 0 Å². The normalized spacial score (nSPS) is 16.2. The van der Waals surface area contributed by atoms with E-state index in [0.717, 1.165) is 11.4 Å². The minimum atomic E-state index is -0.0935. The van der Waals surface area contributed by atoms with E-state index in [1.807, 2.05) is 0 Å². The van der Waals surface area contributed by atoms with Crippen molar-refractivity contribution in [1.29, 1.82) is 0 Å². The molecule has 0 bridgehead atoms. The molecule has 10 aromatic rings. The van der Waals surface area contributed by atoms with Crippen LogP contribution in [0.4, 0.5) is 11.4 Å². The fraction of sp³-hybridized carbons (Fsp3) is 0.0455. The second-order valence-electron chi connectivity index (χ2n) is 13.0. The van der Waals surface area contributed by atoms with Gasteiger partial charge in [-0.1, -0.05) is 121 Å². The van der Waals surface area contributed by atoms with Crippen LogP contribution in [0.2, 0.25) is 0 Å². The number of aromatic nitrogens is 2. The van der Waals surface area contributed by atoms with Crippen molar-refractivity contribution in [3.63, 3.8) is 0 Å². The summed E-state index contributed by atoms with van der Waals surface area (Å²) in [5.41, 5.74) is 12.1. The van der Waals surface area contributed by atoms with E-state index in [1.54, 1.807) is 0 Å². The van der Waals surface area contributed by atoms with Crippen molar-refractivity contribution in [3.05, 3.63) is 163 Å². The van der Waals surface area contributed by atoms with Crippen molar-refractivity contribution >= 4 is 71.3 Å². The third-order valence-corrected chi connectivity index (χ3v) is 10.6. The highest BCUT2D eigenvalue weighted by molar-refractivity contribution is 6.31. The molecule has 0 saturated heterocycles. The minimum absolute atomic E-state index is 0.0230. The van der Waals surface area contributed by atoms with E-state index in [9.17, 15) is 0 Å². The molecule has 11 rings (SSSR count). The van der Waals surface area contributed by atoms with Gasteiger partial charge in [0, 0.05) is 26.9 Å². The van der Waals surface area contributed by atoms with Crippen LogP contribution in [-0.4, -0.2) is 8.97 Å². The summed E-state index contributed by atoms with van der Waals surface area (Å²) in [7, 11) is 0.